The van der Waals surface area contributed by atoms with Crippen LogP contribution in [0.15, 0.2) is 17.3 Å². The molecule has 0 bridgehead atoms. The number of hydrogen-bond acceptors (Lipinski definition) is 4. The molecular formula is C9H13N6O2+. The molecule has 0 aliphatic carbocycles. The van der Waals surface area contributed by atoms with Crippen LogP contribution in [0.25, 0.3) is 11.2 Å². The Labute approximate surface area is 96.5 Å². The van der Waals surface area contributed by atoms with E-state index in [1.54, 1.807) is 21.1 Å². The maximum absolute atomic E-state index is 12.1. The van der Waals surface area contributed by atoms with Gasteiger partial charge in [0.25, 0.3) is 0 Å². The molecule has 0 saturated heterocycles. The van der Waals surface area contributed by atoms with Crippen molar-refractivity contribution in [3.63, 3.8) is 0 Å². The fraction of sp³-hybridized carbons (Fsp3) is 0.333. The molecule has 2 N–H and O–H groups in total. The Morgan fingerprint density at radius 1 is 1.41 bits per heavy atom. The van der Waals surface area contributed by atoms with E-state index in [-0.39, 0.29) is 4.59 Å². The Morgan fingerprint density at radius 2 is 2.06 bits per heavy atom. The molecule has 8 heteroatoms. The lowest BCUT2D eigenvalue weighted by atomic mass is 10.5. The number of rotatable bonds is 1. The SMILES string of the molecule is C[N+](C)(C)n1c(=O)n(C(N)=O)c2cncnc21. The highest BCUT2D eigenvalue weighted by Crippen LogP contribution is 2.09. The summed E-state index contributed by atoms with van der Waals surface area (Å²) in [6.45, 7) is 0. The Balaban J connectivity index is 3.00. The standard InChI is InChI=1S/C9H12N6O2/c1-15(2,3)14-7-6(4-11-5-12-7)13(8(10)16)9(14)17/h4-5H,1-3H3,(H-,10,16)/p+1. The van der Waals surface area contributed by atoms with E-state index >= 15 is 0 Å². The highest BCUT2D eigenvalue weighted by Gasteiger charge is 2.25. The number of aromatic nitrogens is 4. The van der Waals surface area contributed by atoms with Crippen molar-refractivity contribution in [1.82, 2.24) is 23.8 Å². The summed E-state index contributed by atoms with van der Waals surface area (Å²) in [6.07, 6.45) is 2.71. The van der Waals surface area contributed by atoms with Crippen molar-refractivity contribution >= 4 is 17.2 Å². The predicted octanol–water partition coefficient (Wildman–Crippen LogP) is -1.15. The van der Waals surface area contributed by atoms with E-state index in [9.17, 15) is 9.59 Å². The van der Waals surface area contributed by atoms with E-state index in [1.165, 1.54) is 17.2 Å². The average Bonchev–Trinajstić information content (AvgIpc) is 2.48. The number of primary amides is 1. The van der Waals surface area contributed by atoms with Gasteiger partial charge in [0.2, 0.25) is 5.65 Å². The van der Waals surface area contributed by atoms with Gasteiger partial charge in [0, 0.05) is 0 Å². The van der Waals surface area contributed by atoms with Crippen molar-refractivity contribution in [1.29, 1.82) is 0 Å². The zero-order valence-electron chi connectivity index (χ0n) is 9.78. The first-order chi connectivity index (χ1) is 7.84. The Hall–Kier alpha value is -2.22. The van der Waals surface area contributed by atoms with Gasteiger partial charge in [-0.05, 0) is 0 Å². The van der Waals surface area contributed by atoms with Crippen LogP contribution in [0.1, 0.15) is 0 Å². The van der Waals surface area contributed by atoms with Crippen LogP contribution in [0, 0.1) is 0 Å². The van der Waals surface area contributed by atoms with Crippen LogP contribution < -0.4 is 16.0 Å². The molecule has 0 radical (unpaired) electrons. The van der Waals surface area contributed by atoms with Crippen molar-refractivity contribution in [2.24, 2.45) is 5.73 Å². The van der Waals surface area contributed by atoms with Gasteiger partial charge in [-0.3, -0.25) is 0 Å². The quantitative estimate of drug-likeness (QED) is 0.633. The first-order valence-electron chi connectivity index (χ1n) is 4.89. The van der Waals surface area contributed by atoms with E-state index in [1.807, 2.05) is 0 Å². The Kier molecular flexibility index (Phi) is 2.25. The summed E-state index contributed by atoms with van der Waals surface area (Å²) in [5.74, 6) is 0. The van der Waals surface area contributed by atoms with Gasteiger partial charge in [0.05, 0.1) is 27.3 Å². The second kappa shape index (κ2) is 3.39. The molecular weight excluding hydrogens is 224 g/mol. The lowest BCUT2D eigenvalue weighted by Gasteiger charge is -2.22. The van der Waals surface area contributed by atoms with Crippen LogP contribution in [-0.4, -0.2) is 46.4 Å². The minimum atomic E-state index is -0.845. The van der Waals surface area contributed by atoms with E-state index in [0.29, 0.717) is 11.2 Å². The molecule has 90 valence electrons. The largest absolute Gasteiger partial charge is 0.383 e. The third-order valence-corrected chi connectivity index (χ3v) is 2.31. The van der Waals surface area contributed by atoms with E-state index in [2.05, 4.69) is 9.97 Å². The van der Waals surface area contributed by atoms with Crippen LogP contribution in [0.2, 0.25) is 0 Å². The van der Waals surface area contributed by atoms with Gasteiger partial charge < -0.3 is 5.73 Å². The summed E-state index contributed by atoms with van der Waals surface area (Å²) in [6, 6.07) is -0.845. The highest BCUT2D eigenvalue weighted by atomic mass is 16.2. The van der Waals surface area contributed by atoms with E-state index in [4.69, 9.17) is 5.73 Å². The number of amides is 1. The van der Waals surface area contributed by atoms with Gasteiger partial charge in [-0.25, -0.2) is 28.7 Å². The highest BCUT2D eigenvalue weighted by molar-refractivity contribution is 5.86. The van der Waals surface area contributed by atoms with Crippen LogP contribution in [-0.2, 0) is 0 Å². The minimum Gasteiger partial charge on any atom is -0.351 e. The number of carbonyl (C=O) groups is 1. The van der Waals surface area contributed by atoms with Crippen LogP contribution in [0.5, 0.6) is 0 Å². The number of nitrogens with two attached hydrogens (primary N) is 1. The molecule has 17 heavy (non-hydrogen) atoms. The monoisotopic (exact) mass is 237 g/mol. The van der Waals surface area contributed by atoms with Gasteiger partial charge in [0.1, 0.15) is 11.8 Å². The Bertz CT molecular complexity index is 648. The topological polar surface area (TPSA) is 95.8 Å². The summed E-state index contributed by atoms with van der Waals surface area (Å²) < 4.78 is 2.40. The molecule has 2 rings (SSSR count). The normalized spacial score (nSPS) is 11.9. The maximum Gasteiger partial charge on any atom is 0.383 e. The summed E-state index contributed by atoms with van der Waals surface area (Å²) in [4.78, 5) is 31.2. The van der Waals surface area contributed by atoms with Crippen LogP contribution in [0.3, 0.4) is 0 Å². The summed E-state index contributed by atoms with van der Waals surface area (Å²) in [7, 11) is 5.36. The smallest absolute Gasteiger partial charge is 0.351 e. The third-order valence-electron chi connectivity index (χ3n) is 2.31. The molecule has 0 aliphatic rings. The molecule has 2 aromatic heterocycles. The van der Waals surface area contributed by atoms with Gasteiger partial charge in [0.15, 0.2) is 0 Å². The zero-order valence-corrected chi connectivity index (χ0v) is 9.78. The van der Waals surface area contributed by atoms with Crippen LogP contribution in [0.4, 0.5) is 4.79 Å². The molecule has 0 atom stereocenters. The number of imidazole rings is 1. The lowest BCUT2D eigenvalue weighted by molar-refractivity contribution is 0.242. The molecule has 0 aliphatic heterocycles. The molecule has 0 fully saturated rings. The number of nitrogens with zero attached hydrogens (tertiary/aromatic N) is 5. The first-order valence-corrected chi connectivity index (χ1v) is 4.89. The van der Waals surface area contributed by atoms with Gasteiger partial charge in [-0.15, -0.1) is 4.68 Å². The molecule has 8 nitrogen and oxygen atoms in total. The van der Waals surface area contributed by atoms with Crippen molar-refractivity contribution in [3.05, 3.63) is 23.0 Å². The molecule has 2 aromatic rings. The summed E-state index contributed by atoms with van der Waals surface area (Å²) >= 11 is 0. The predicted molar refractivity (Wildman–Crippen MR) is 62.1 cm³/mol. The second-order valence-corrected chi connectivity index (χ2v) is 4.44. The molecule has 0 saturated carbocycles. The van der Waals surface area contributed by atoms with Gasteiger partial charge in [-0.1, -0.05) is 0 Å². The molecule has 0 spiro atoms. The summed E-state index contributed by atoms with van der Waals surface area (Å²) in [5.41, 5.74) is 5.33. The second-order valence-electron chi connectivity index (χ2n) is 4.44. The molecule has 0 unspecified atom stereocenters. The average molecular weight is 237 g/mol. The fourth-order valence-corrected chi connectivity index (χ4v) is 1.68. The van der Waals surface area contributed by atoms with E-state index in [0.717, 1.165) is 4.57 Å². The first kappa shape index (κ1) is 11.3. The number of quaternary nitrogens is 1. The molecule has 2 heterocycles. The van der Waals surface area contributed by atoms with Crippen molar-refractivity contribution in [3.8, 4) is 0 Å². The minimum absolute atomic E-state index is 0.173. The van der Waals surface area contributed by atoms with Crippen molar-refractivity contribution < 1.29 is 4.79 Å². The summed E-state index contributed by atoms with van der Waals surface area (Å²) in [5, 5.41) is 0. The van der Waals surface area contributed by atoms with Gasteiger partial charge in [-0.2, -0.15) is 0 Å². The third kappa shape index (κ3) is 1.58. The fourth-order valence-electron chi connectivity index (χ4n) is 1.68. The van der Waals surface area contributed by atoms with Crippen LogP contribution >= 0.6 is 0 Å². The molecule has 1 amide bonds. The van der Waals surface area contributed by atoms with Crippen molar-refractivity contribution in [2.45, 2.75) is 0 Å². The Morgan fingerprint density at radius 3 is 2.59 bits per heavy atom. The number of fused-ring (bicyclic) bond motifs is 1. The lowest BCUT2D eigenvalue weighted by Crippen LogP contribution is -2.53. The number of hydrogen-bond donors (Lipinski definition) is 1. The maximum atomic E-state index is 12.1. The van der Waals surface area contributed by atoms with Gasteiger partial charge >= 0.3 is 11.7 Å². The number of carbonyl (C=O) groups excluding carboxylic acids is 1. The zero-order chi connectivity index (χ0) is 12.8. The van der Waals surface area contributed by atoms with Crippen molar-refractivity contribution in [2.75, 3.05) is 21.1 Å². The molecule has 0 aromatic carbocycles. The van der Waals surface area contributed by atoms with E-state index < -0.39 is 11.7 Å².